The zero-order chi connectivity index (χ0) is 20.8. The van der Waals surface area contributed by atoms with Crippen LogP contribution in [0.4, 0.5) is 5.95 Å². The van der Waals surface area contributed by atoms with E-state index in [-0.39, 0.29) is 24.3 Å². The molecule has 6 nitrogen and oxygen atoms in total. The molecule has 2 aromatic carbocycles. The van der Waals surface area contributed by atoms with Crippen LogP contribution >= 0.6 is 0 Å². The van der Waals surface area contributed by atoms with Crippen LogP contribution in [0.15, 0.2) is 66.9 Å². The Balaban J connectivity index is 1.88. The van der Waals surface area contributed by atoms with Gasteiger partial charge in [-0.3, -0.25) is 19.5 Å². The molecule has 150 valence electrons. The summed E-state index contributed by atoms with van der Waals surface area (Å²) in [5, 5.41) is 2.88. The fourth-order valence-corrected chi connectivity index (χ4v) is 3.05. The summed E-state index contributed by atoms with van der Waals surface area (Å²) in [6.45, 7) is 6.00. The molecule has 0 aliphatic carbocycles. The number of para-hydroxylation sites is 1. The largest absolute Gasteiger partial charge is 0.333 e. The Morgan fingerprint density at radius 3 is 2.24 bits per heavy atom. The van der Waals surface area contributed by atoms with Crippen molar-refractivity contribution in [3.8, 4) is 16.9 Å². The first-order valence-electron chi connectivity index (χ1n) is 9.78. The number of carbonyl (C=O) groups is 2. The minimum absolute atomic E-state index is 0.00413. The van der Waals surface area contributed by atoms with E-state index >= 15 is 0 Å². The smallest absolute Gasteiger partial charge is 0.246 e. The van der Waals surface area contributed by atoms with Gasteiger partial charge in [0.1, 0.15) is 0 Å². The van der Waals surface area contributed by atoms with Crippen molar-refractivity contribution in [2.45, 2.75) is 20.8 Å². The highest BCUT2D eigenvalue weighted by molar-refractivity contribution is 5.94. The van der Waals surface area contributed by atoms with E-state index in [1.54, 1.807) is 4.90 Å². The lowest BCUT2D eigenvalue weighted by Gasteiger charge is -2.22. The molecule has 6 heteroatoms. The van der Waals surface area contributed by atoms with Gasteiger partial charge in [-0.1, -0.05) is 62.4 Å². The molecule has 0 radical (unpaired) electrons. The van der Waals surface area contributed by atoms with Gasteiger partial charge in [-0.15, -0.1) is 0 Å². The number of amides is 2. The summed E-state index contributed by atoms with van der Waals surface area (Å²) in [5.41, 5.74) is 2.61. The molecule has 0 bridgehead atoms. The highest BCUT2D eigenvalue weighted by atomic mass is 16.2. The Morgan fingerprint density at radius 1 is 1.03 bits per heavy atom. The van der Waals surface area contributed by atoms with Gasteiger partial charge in [0.05, 0.1) is 12.2 Å². The summed E-state index contributed by atoms with van der Waals surface area (Å²) >= 11 is 0. The predicted molar refractivity (Wildman–Crippen MR) is 115 cm³/mol. The van der Waals surface area contributed by atoms with Crippen molar-refractivity contribution in [1.82, 2.24) is 14.5 Å². The van der Waals surface area contributed by atoms with Crippen LogP contribution < -0.4 is 5.32 Å². The summed E-state index contributed by atoms with van der Waals surface area (Å²) in [6, 6.07) is 19.5. The number of rotatable bonds is 7. The van der Waals surface area contributed by atoms with Crippen LogP contribution in [0.25, 0.3) is 16.9 Å². The third kappa shape index (κ3) is 4.90. The Labute approximate surface area is 171 Å². The number of likely N-dealkylation sites (N-methyl/N-ethyl adjacent to an activating group) is 1. The fraction of sp³-hybridized carbons (Fsp3) is 0.261. The lowest BCUT2D eigenvalue weighted by atomic mass is 10.2. The minimum Gasteiger partial charge on any atom is -0.333 e. The highest BCUT2D eigenvalue weighted by Gasteiger charge is 2.20. The molecule has 0 atom stereocenters. The number of anilines is 1. The molecule has 1 aromatic heterocycles. The zero-order valence-electron chi connectivity index (χ0n) is 17.0. The van der Waals surface area contributed by atoms with Crippen molar-refractivity contribution in [2.24, 2.45) is 5.92 Å². The number of nitrogens with zero attached hydrogens (tertiary/aromatic N) is 3. The summed E-state index contributed by atoms with van der Waals surface area (Å²) in [4.78, 5) is 31.1. The molecule has 1 N–H and O–H groups in total. The number of benzene rings is 2. The third-order valence-corrected chi connectivity index (χ3v) is 4.58. The maximum absolute atomic E-state index is 12.7. The monoisotopic (exact) mass is 390 g/mol. The van der Waals surface area contributed by atoms with E-state index in [1.165, 1.54) is 0 Å². The van der Waals surface area contributed by atoms with Crippen molar-refractivity contribution in [1.29, 1.82) is 0 Å². The van der Waals surface area contributed by atoms with Crippen molar-refractivity contribution in [3.05, 3.63) is 66.9 Å². The van der Waals surface area contributed by atoms with Crippen LogP contribution in [-0.4, -0.2) is 39.4 Å². The van der Waals surface area contributed by atoms with Gasteiger partial charge in [0.25, 0.3) is 0 Å². The maximum atomic E-state index is 12.7. The molecule has 0 unspecified atom stereocenters. The second-order valence-electron chi connectivity index (χ2n) is 7.08. The van der Waals surface area contributed by atoms with Gasteiger partial charge in [0.2, 0.25) is 17.8 Å². The third-order valence-electron chi connectivity index (χ3n) is 4.58. The van der Waals surface area contributed by atoms with Crippen LogP contribution in [0.1, 0.15) is 20.8 Å². The average Bonchev–Trinajstić information content (AvgIpc) is 3.16. The molecular formula is C23H26N4O2. The summed E-state index contributed by atoms with van der Waals surface area (Å²) in [5.74, 6) is -0.0471. The van der Waals surface area contributed by atoms with Crippen LogP contribution in [0.5, 0.6) is 0 Å². The highest BCUT2D eigenvalue weighted by Crippen LogP contribution is 2.24. The Hall–Kier alpha value is -3.41. The Morgan fingerprint density at radius 2 is 1.66 bits per heavy atom. The molecule has 0 fully saturated rings. The van der Waals surface area contributed by atoms with Crippen molar-refractivity contribution in [3.63, 3.8) is 0 Å². The SMILES string of the molecule is CCN(CC(=O)Nc1nc(-c2ccccc2)cn1-c1ccccc1)C(=O)C(C)C. The zero-order valence-corrected chi connectivity index (χ0v) is 17.0. The first kappa shape index (κ1) is 20.3. The lowest BCUT2D eigenvalue weighted by Crippen LogP contribution is -2.40. The van der Waals surface area contributed by atoms with E-state index in [4.69, 9.17) is 0 Å². The molecule has 3 aromatic rings. The molecule has 0 saturated carbocycles. The van der Waals surface area contributed by atoms with Gasteiger partial charge in [-0.25, -0.2) is 4.98 Å². The number of aromatic nitrogens is 2. The van der Waals surface area contributed by atoms with E-state index in [1.807, 2.05) is 92.2 Å². The van der Waals surface area contributed by atoms with Crippen LogP contribution in [-0.2, 0) is 9.59 Å². The quantitative estimate of drug-likeness (QED) is 0.663. The van der Waals surface area contributed by atoms with E-state index in [2.05, 4.69) is 10.3 Å². The van der Waals surface area contributed by atoms with Crippen LogP contribution in [0.3, 0.4) is 0 Å². The van der Waals surface area contributed by atoms with Gasteiger partial charge in [0, 0.05) is 29.9 Å². The summed E-state index contributed by atoms with van der Waals surface area (Å²) in [6.07, 6.45) is 1.90. The normalized spacial score (nSPS) is 10.8. The lowest BCUT2D eigenvalue weighted by molar-refractivity contribution is -0.137. The standard InChI is InChI=1S/C23H26N4O2/c1-4-26(22(29)17(2)3)16-21(28)25-23-24-20(18-11-7-5-8-12-18)15-27(23)19-13-9-6-10-14-19/h5-15,17H,4,16H2,1-3H3,(H,24,25,28). The molecule has 1 heterocycles. The minimum atomic E-state index is -0.275. The van der Waals surface area contributed by atoms with Gasteiger partial charge >= 0.3 is 0 Å². The molecule has 0 saturated heterocycles. The molecule has 0 spiro atoms. The second-order valence-corrected chi connectivity index (χ2v) is 7.08. The van der Waals surface area contributed by atoms with E-state index < -0.39 is 0 Å². The van der Waals surface area contributed by atoms with E-state index in [0.29, 0.717) is 12.5 Å². The molecule has 2 amide bonds. The molecule has 0 aliphatic heterocycles. The topological polar surface area (TPSA) is 67.2 Å². The number of carbonyl (C=O) groups excluding carboxylic acids is 2. The molecule has 29 heavy (non-hydrogen) atoms. The van der Waals surface area contributed by atoms with Crippen molar-refractivity contribution in [2.75, 3.05) is 18.4 Å². The Bertz CT molecular complexity index is 965. The van der Waals surface area contributed by atoms with E-state index in [0.717, 1.165) is 16.9 Å². The van der Waals surface area contributed by atoms with E-state index in [9.17, 15) is 9.59 Å². The van der Waals surface area contributed by atoms with Gasteiger partial charge in [0.15, 0.2) is 0 Å². The number of hydrogen-bond acceptors (Lipinski definition) is 3. The van der Waals surface area contributed by atoms with Crippen LogP contribution in [0, 0.1) is 5.92 Å². The molecule has 3 rings (SSSR count). The van der Waals surface area contributed by atoms with Gasteiger partial charge in [-0.2, -0.15) is 0 Å². The number of hydrogen-bond donors (Lipinski definition) is 1. The molecular weight excluding hydrogens is 364 g/mol. The Kier molecular flexibility index (Phi) is 6.44. The number of nitrogens with one attached hydrogen (secondary N) is 1. The summed E-state index contributed by atoms with van der Waals surface area (Å²) in [7, 11) is 0. The number of imidazole rings is 1. The van der Waals surface area contributed by atoms with Gasteiger partial charge < -0.3 is 4.90 Å². The summed E-state index contributed by atoms with van der Waals surface area (Å²) < 4.78 is 1.85. The van der Waals surface area contributed by atoms with Gasteiger partial charge in [-0.05, 0) is 19.1 Å². The van der Waals surface area contributed by atoms with Crippen molar-refractivity contribution < 1.29 is 9.59 Å². The fourth-order valence-electron chi connectivity index (χ4n) is 3.05. The van der Waals surface area contributed by atoms with Crippen molar-refractivity contribution >= 4 is 17.8 Å². The first-order valence-corrected chi connectivity index (χ1v) is 9.78. The predicted octanol–water partition coefficient (Wildman–Crippen LogP) is 3.98. The average molecular weight is 390 g/mol. The maximum Gasteiger partial charge on any atom is 0.246 e. The van der Waals surface area contributed by atoms with Crippen LogP contribution in [0.2, 0.25) is 0 Å². The first-order chi connectivity index (χ1) is 14.0. The second kappa shape index (κ2) is 9.19. The molecule has 0 aliphatic rings.